The van der Waals surface area contributed by atoms with Crippen molar-refractivity contribution in [1.29, 1.82) is 0 Å². The fraction of sp³-hybridized carbons (Fsp3) is 0.0455. The number of hydrogen-bond donors (Lipinski definition) is 1. The van der Waals surface area contributed by atoms with E-state index in [0.717, 1.165) is 27.7 Å². The van der Waals surface area contributed by atoms with Crippen molar-refractivity contribution in [1.82, 2.24) is 9.97 Å². The molecule has 0 atom stereocenters. The van der Waals surface area contributed by atoms with E-state index < -0.39 is 0 Å². The molecule has 3 aromatic carbocycles. The first-order valence-electron chi connectivity index (χ1n) is 8.47. The van der Waals surface area contributed by atoms with Crippen molar-refractivity contribution in [2.45, 2.75) is 6.92 Å². The maximum atomic E-state index is 4.71. The Bertz CT molecular complexity index is 1060. The molecule has 0 fully saturated rings. The van der Waals surface area contributed by atoms with Gasteiger partial charge in [0.15, 0.2) is 0 Å². The smallest absolute Gasteiger partial charge is 0.244 e. The number of benzene rings is 3. The minimum absolute atomic E-state index is 0.479. The second-order valence-corrected chi connectivity index (χ2v) is 6.06. The fourth-order valence-corrected chi connectivity index (χ4v) is 2.81. The molecule has 4 rings (SSSR count). The molecular weight excluding hydrogens is 320 g/mol. The van der Waals surface area contributed by atoms with Gasteiger partial charge in [0.05, 0.1) is 17.4 Å². The number of nitrogens with one attached hydrogen (secondary N) is 1. The highest BCUT2D eigenvalue weighted by molar-refractivity contribution is 5.93. The predicted octanol–water partition coefficient (Wildman–Crippen LogP) is 5.05. The van der Waals surface area contributed by atoms with Gasteiger partial charge in [-0.25, -0.2) is 15.4 Å². The van der Waals surface area contributed by atoms with E-state index >= 15 is 0 Å². The maximum Gasteiger partial charge on any atom is 0.244 e. The Morgan fingerprint density at radius 1 is 0.846 bits per heavy atom. The molecule has 0 spiro atoms. The van der Waals surface area contributed by atoms with Crippen LogP contribution in [0.1, 0.15) is 11.1 Å². The summed E-state index contributed by atoms with van der Waals surface area (Å²) in [5.74, 6) is 0.479. The summed E-state index contributed by atoms with van der Waals surface area (Å²) in [7, 11) is 0. The summed E-state index contributed by atoms with van der Waals surface area (Å²) >= 11 is 0. The molecule has 0 bridgehead atoms. The first-order chi connectivity index (χ1) is 12.8. The third kappa shape index (κ3) is 3.44. The van der Waals surface area contributed by atoms with Crippen LogP contribution >= 0.6 is 0 Å². The first kappa shape index (κ1) is 16.0. The number of nitrogens with zero attached hydrogens (tertiary/aromatic N) is 3. The standard InChI is InChI=1S/C22H18N4/c1-16-12-13-20-19(14-16)21(18-10-6-3-7-11-18)25-22(24-20)26-23-15-17-8-4-2-5-9-17/h2-15H,1H3,(H,24,25,26)/b23-15+. The molecule has 0 aliphatic carbocycles. The molecule has 0 saturated carbocycles. The van der Waals surface area contributed by atoms with E-state index in [9.17, 15) is 0 Å². The van der Waals surface area contributed by atoms with Crippen LogP contribution in [-0.2, 0) is 0 Å². The Morgan fingerprint density at radius 3 is 2.35 bits per heavy atom. The number of rotatable bonds is 4. The molecule has 4 nitrogen and oxygen atoms in total. The van der Waals surface area contributed by atoms with E-state index in [0.29, 0.717) is 5.95 Å². The fourth-order valence-electron chi connectivity index (χ4n) is 2.81. The third-order valence-electron chi connectivity index (χ3n) is 4.08. The predicted molar refractivity (Wildman–Crippen MR) is 107 cm³/mol. The summed E-state index contributed by atoms with van der Waals surface area (Å²) in [4.78, 5) is 9.31. The maximum absolute atomic E-state index is 4.71. The number of hydrazone groups is 1. The van der Waals surface area contributed by atoms with Crippen LogP contribution in [0.4, 0.5) is 5.95 Å². The lowest BCUT2D eigenvalue weighted by molar-refractivity contribution is 1.15. The monoisotopic (exact) mass is 338 g/mol. The minimum atomic E-state index is 0.479. The summed E-state index contributed by atoms with van der Waals surface area (Å²) in [5.41, 5.74) is 8.00. The van der Waals surface area contributed by atoms with Crippen molar-refractivity contribution >= 4 is 23.1 Å². The molecule has 1 heterocycles. The van der Waals surface area contributed by atoms with Gasteiger partial charge in [0.25, 0.3) is 0 Å². The van der Waals surface area contributed by atoms with Crippen LogP contribution in [-0.4, -0.2) is 16.2 Å². The number of fused-ring (bicyclic) bond motifs is 1. The molecule has 0 saturated heterocycles. The SMILES string of the molecule is Cc1ccc2nc(N/N=C/c3ccccc3)nc(-c3ccccc3)c2c1. The summed E-state index contributed by atoms with van der Waals surface area (Å²) in [6, 6.07) is 26.2. The molecular formula is C22H18N4. The molecule has 1 N–H and O–H groups in total. The van der Waals surface area contributed by atoms with Crippen LogP contribution in [0, 0.1) is 6.92 Å². The number of anilines is 1. The average Bonchev–Trinajstić information content (AvgIpc) is 2.69. The molecule has 0 amide bonds. The summed E-state index contributed by atoms with van der Waals surface area (Å²) < 4.78 is 0. The van der Waals surface area contributed by atoms with Gasteiger partial charge >= 0.3 is 0 Å². The zero-order chi connectivity index (χ0) is 17.8. The van der Waals surface area contributed by atoms with Gasteiger partial charge in [0.1, 0.15) is 0 Å². The lowest BCUT2D eigenvalue weighted by Crippen LogP contribution is -2.00. The molecule has 1 aromatic heterocycles. The average molecular weight is 338 g/mol. The molecule has 4 aromatic rings. The molecule has 26 heavy (non-hydrogen) atoms. The highest BCUT2D eigenvalue weighted by Gasteiger charge is 2.09. The third-order valence-corrected chi connectivity index (χ3v) is 4.08. The highest BCUT2D eigenvalue weighted by atomic mass is 15.3. The first-order valence-corrected chi connectivity index (χ1v) is 8.47. The quantitative estimate of drug-likeness (QED) is 0.418. The topological polar surface area (TPSA) is 50.2 Å². The van der Waals surface area contributed by atoms with Crippen molar-refractivity contribution in [3.05, 3.63) is 90.0 Å². The molecule has 0 unspecified atom stereocenters. The van der Waals surface area contributed by atoms with E-state index in [2.05, 4.69) is 46.7 Å². The van der Waals surface area contributed by atoms with Crippen molar-refractivity contribution in [2.75, 3.05) is 5.43 Å². The lowest BCUT2D eigenvalue weighted by Gasteiger charge is -2.09. The van der Waals surface area contributed by atoms with E-state index in [-0.39, 0.29) is 0 Å². The largest absolute Gasteiger partial charge is 0.245 e. The Morgan fingerprint density at radius 2 is 1.58 bits per heavy atom. The Hall–Kier alpha value is -3.53. The van der Waals surface area contributed by atoms with Crippen LogP contribution in [0.3, 0.4) is 0 Å². The van der Waals surface area contributed by atoms with Crippen LogP contribution in [0.5, 0.6) is 0 Å². The molecule has 0 radical (unpaired) electrons. The van der Waals surface area contributed by atoms with Gasteiger partial charge in [0, 0.05) is 10.9 Å². The molecule has 126 valence electrons. The van der Waals surface area contributed by atoms with Crippen LogP contribution in [0.2, 0.25) is 0 Å². The number of aryl methyl sites for hydroxylation is 1. The van der Waals surface area contributed by atoms with Crippen molar-refractivity contribution in [2.24, 2.45) is 5.10 Å². The van der Waals surface area contributed by atoms with Crippen molar-refractivity contribution in [3.8, 4) is 11.3 Å². The Kier molecular flexibility index (Phi) is 4.39. The van der Waals surface area contributed by atoms with Gasteiger partial charge in [-0.15, -0.1) is 0 Å². The number of hydrogen-bond acceptors (Lipinski definition) is 4. The lowest BCUT2D eigenvalue weighted by atomic mass is 10.0. The van der Waals surface area contributed by atoms with E-state index in [4.69, 9.17) is 4.98 Å². The summed E-state index contributed by atoms with van der Waals surface area (Å²) in [6.07, 6.45) is 1.75. The van der Waals surface area contributed by atoms with Crippen LogP contribution in [0.15, 0.2) is 84.0 Å². The van der Waals surface area contributed by atoms with Gasteiger partial charge in [-0.1, -0.05) is 72.3 Å². The molecule has 4 heteroatoms. The van der Waals surface area contributed by atoms with Gasteiger partial charge in [-0.3, -0.25) is 0 Å². The van der Waals surface area contributed by atoms with Gasteiger partial charge in [0.2, 0.25) is 5.95 Å². The van der Waals surface area contributed by atoms with E-state index in [1.54, 1.807) is 6.21 Å². The normalized spacial score (nSPS) is 11.1. The van der Waals surface area contributed by atoms with Gasteiger partial charge in [-0.2, -0.15) is 5.10 Å². The Labute approximate surface area is 152 Å². The molecule has 0 aliphatic rings. The van der Waals surface area contributed by atoms with Gasteiger partial charge in [-0.05, 0) is 24.6 Å². The van der Waals surface area contributed by atoms with Crippen LogP contribution in [0.25, 0.3) is 22.2 Å². The van der Waals surface area contributed by atoms with Gasteiger partial charge < -0.3 is 0 Å². The van der Waals surface area contributed by atoms with E-state index in [1.165, 1.54) is 5.56 Å². The highest BCUT2D eigenvalue weighted by Crippen LogP contribution is 2.27. The minimum Gasteiger partial charge on any atom is -0.245 e. The zero-order valence-corrected chi connectivity index (χ0v) is 14.4. The van der Waals surface area contributed by atoms with Crippen LogP contribution < -0.4 is 5.43 Å². The second kappa shape index (κ2) is 7.15. The molecule has 0 aliphatic heterocycles. The van der Waals surface area contributed by atoms with Crippen molar-refractivity contribution < 1.29 is 0 Å². The van der Waals surface area contributed by atoms with E-state index in [1.807, 2.05) is 54.6 Å². The summed E-state index contributed by atoms with van der Waals surface area (Å²) in [6.45, 7) is 2.07. The second-order valence-electron chi connectivity index (χ2n) is 6.06. The summed E-state index contributed by atoms with van der Waals surface area (Å²) in [5, 5.41) is 5.31. The zero-order valence-electron chi connectivity index (χ0n) is 14.4. The Balaban J connectivity index is 1.74. The number of aromatic nitrogens is 2. The van der Waals surface area contributed by atoms with Crippen molar-refractivity contribution in [3.63, 3.8) is 0 Å².